The van der Waals surface area contributed by atoms with Gasteiger partial charge < -0.3 is 10.1 Å². The molecule has 0 aliphatic carbocycles. The van der Waals surface area contributed by atoms with E-state index in [2.05, 4.69) is 30.9 Å². The first-order valence-corrected chi connectivity index (χ1v) is 8.90. The van der Waals surface area contributed by atoms with Crippen LogP contribution in [0.2, 0.25) is 0 Å². The van der Waals surface area contributed by atoms with E-state index in [0.717, 1.165) is 18.6 Å². The molecule has 2 saturated heterocycles. The summed E-state index contributed by atoms with van der Waals surface area (Å²) in [6, 6.07) is 0.723. The highest BCUT2D eigenvalue weighted by atomic mass is 32.2. The Bertz CT molecular complexity index is 241. The summed E-state index contributed by atoms with van der Waals surface area (Å²) >= 11 is 2.08. The lowest BCUT2D eigenvalue weighted by atomic mass is 9.80. The van der Waals surface area contributed by atoms with Gasteiger partial charge in [0.2, 0.25) is 0 Å². The summed E-state index contributed by atoms with van der Waals surface area (Å²) in [6.45, 7) is 6.72. The SMILES string of the molecule is CCCNC(CCC)C1CCOC2(CCSC2)C1. The molecule has 2 aliphatic rings. The zero-order valence-electron chi connectivity index (χ0n) is 12.0. The van der Waals surface area contributed by atoms with Gasteiger partial charge in [0.1, 0.15) is 0 Å². The van der Waals surface area contributed by atoms with Crippen LogP contribution in [0.3, 0.4) is 0 Å². The minimum atomic E-state index is 0.244. The van der Waals surface area contributed by atoms with Gasteiger partial charge in [0.25, 0.3) is 0 Å². The number of thioether (sulfide) groups is 1. The van der Waals surface area contributed by atoms with Gasteiger partial charge in [-0.2, -0.15) is 11.8 Å². The molecule has 0 radical (unpaired) electrons. The number of hydrogen-bond acceptors (Lipinski definition) is 3. The molecular weight excluding hydrogens is 242 g/mol. The Balaban J connectivity index is 1.91. The molecule has 0 amide bonds. The first-order valence-electron chi connectivity index (χ1n) is 7.75. The van der Waals surface area contributed by atoms with Crippen molar-refractivity contribution in [3.05, 3.63) is 0 Å². The van der Waals surface area contributed by atoms with Gasteiger partial charge in [0, 0.05) is 18.4 Å². The number of hydrogen-bond donors (Lipinski definition) is 1. The lowest BCUT2D eigenvalue weighted by molar-refractivity contribution is -0.0855. The summed E-state index contributed by atoms with van der Waals surface area (Å²) in [6.07, 6.45) is 7.69. The quantitative estimate of drug-likeness (QED) is 0.799. The third-order valence-corrected chi connectivity index (χ3v) is 5.65. The van der Waals surface area contributed by atoms with Crippen LogP contribution < -0.4 is 5.32 Å². The topological polar surface area (TPSA) is 21.3 Å². The Labute approximate surface area is 117 Å². The third-order valence-electron chi connectivity index (χ3n) is 4.42. The average molecular weight is 271 g/mol. The highest BCUT2D eigenvalue weighted by Crippen LogP contribution is 2.41. The molecule has 3 unspecified atom stereocenters. The standard InChI is InChI=1S/C15H29NOS/c1-3-5-14(16-8-4-2)13-6-9-17-15(11-13)7-10-18-12-15/h13-14,16H,3-12H2,1-2H3. The minimum Gasteiger partial charge on any atom is -0.374 e. The Morgan fingerprint density at radius 3 is 2.94 bits per heavy atom. The number of rotatable bonds is 6. The third kappa shape index (κ3) is 3.64. The molecule has 106 valence electrons. The summed E-state index contributed by atoms with van der Waals surface area (Å²) in [7, 11) is 0. The maximum atomic E-state index is 6.14. The fourth-order valence-electron chi connectivity index (χ4n) is 3.42. The van der Waals surface area contributed by atoms with Crippen LogP contribution in [-0.4, -0.2) is 36.3 Å². The van der Waals surface area contributed by atoms with Gasteiger partial charge in [-0.25, -0.2) is 0 Å². The van der Waals surface area contributed by atoms with Crippen molar-refractivity contribution in [1.82, 2.24) is 5.32 Å². The summed E-state index contributed by atoms with van der Waals surface area (Å²) in [4.78, 5) is 0. The van der Waals surface area contributed by atoms with E-state index in [0.29, 0.717) is 0 Å². The second-order valence-corrected chi connectivity index (χ2v) is 7.04. The monoisotopic (exact) mass is 271 g/mol. The lowest BCUT2D eigenvalue weighted by Crippen LogP contribution is -2.47. The molecule has 2 aliphatic heterocycles. The van der Waals surface area contributed by atoms with Crippen LogP contribution in [0.4, 0.5) is 0 Å². The van der Waals surface area contributed by atoms with Crippen molar-refractivity contribution in [2.75, 3.05) is 24.7 Å². The molecular formula is C15H29NOS. The number of ether oxygens (including phenoxy) is 1. The molecule has 2 fully saturated rings. The van der Waals surface area contributed by atoms with E-state index in [1.165, 1.54) is 56.6 Å². The Morgan fingerprint density at radius 1 is 1.39 bits per heavy atom. The Hall–Kier alpha value is 0.270. The second kappa shape index (κ2) is 7.16. The van der Waals surface area contributed by atoms with Crippen molar-refractivity contribution in [2.45, 2.75) is 64.0 Å². The van der Waals surface area contributed by atoms with Gasteiger partial charge in [0.15, 0.2) is 0 Å². The zero-order valence-corrected chi connectivity index (χ0v) is 12.9. The molecule has 18 heavy (non-hydrogen) atoms. The summed E-state index contributed by atoms with van der Waals surface area (Å²) in [5, 5.41) is 3.78. The van der Waals surface area contributed by atoms with Crippen LogP contribution in [0.25, 0.3) is 0 Å². The van der Waals surface area contributed by atoms with Gasteiger partial charge in [-0.1, -0.05) is 20.3 Å². The van der Waals surface area contributed by atoms with E-state index in [9.17, 15) is 0 Å². The second-order valence-electron chi connectivity index (χ2n) is 5.94. The van der Waals surface area contributed by atoms with Gasteiger partial charge in [-0.15, -0.1) is 0 Å². The fraction of sp³-hybridized carbons (Fsp3) is 1.00. The summed E-state index contributed by atoms with van der Waals surface area (Å²) in [5.41, 5.74) is 0.244. The smallest absolute Gasteiger partial charge is 0.0783 e. The van der Waals surface area contributed by atoms with Gasteiger partial charge >= 0.3 is 0 Å². The van der Waals surface area contributed by atoms with Gasteiger partial charge in [-0.3, -0.25) is 0 Å². The first kappa shape index (κ1) is 14.7. The van der Waals surface area contributed by atoms with Gasteiger partial charge in [-0.05, 0) is 50.3 Å². The Morgan fingerprint density at radius 2 is 2.28 bits per heavy atom. The van der Waals surface area contributed by atoms with Crippen LogP contribution >= 0.6 is 11.8 Å². The van der Waals surface area contributed by atoms with E-state index in [4.69, 9.17) is 4.74 Å². The van der Waals surface area contributed by atoms with E-state index >= 15 is 0 Å². The van der Waals surface area contributed by atoms with E-state index in [1.54, 1.807) is 0 Å². The van der Waals surface area contributed by atoms with Crippen molar-refractivity contribution in [1.29, 1.82) is 0 Å². The maximum absolute atomic E-state index is 6.14. The molecule has 0 aromatic carbocycles. The first-order chi connectivity index (χ1) is 8.79. The van der Waals surface area contributed by atoms with Crippen molar-refractivity contribution < 1.29 is 4.74 Å². The molecule has 3 atom stereocenters. The highest BCUT2D eigenvalue weighted by Gasteiger charge is 2.42. The van der Waals surface area contributed by atoms with E-state index in [1.807, 2.05) is 0 Å². The van der Waals surface area contributed by atoms with Crippen LogP contribution in [0, 0.1) is 5.92 Å². The lowest BCUT2D eigenvalue weighted by Gasteiger charge is -2.41. The van der Waals surface area contributed by atoms with Crippen molar-refractivity contribution in [2.24, 2.45) is 5.92 Å². The van der Waals surface area contributed by atoms with E-state index in [-0.39, 0.29) is 5.60 Å². The molecule has 2 rings (SSSR count). The molecule has 0 aromatic rings. The Kier molecular flexibility index (Phi) is 5.84. The summed E-state index contributed by atoms with van der Waals surface area (Å²) in [5.74, 6) is 3.37. The molecule has 0 saturated carbocycles. The van der Waals surface area contributed by atoms with E-state index < -0.39 is 0 Å². The molecule has 2 heterocycles. The minimum absolute atomic E-state index is 0.244. The largest absolute Gasteiger partial charge is 0.374 e. The van der Waals surface area contributed by atoms with Crippen LogP contribution in [-0.2, 0) is 4.74 Å². The van der Waals surface area contributed by atoms with Crippen molar-refractivity contribution >= 4 is 11.8 Å². The highest BCUT2D eigenvalue weighted by molar-refractivity contribution is 7.99. The predicted molar refractivity (Wildman–Crippen MR) is 80.3 cm³/mol. The van der Waals surface area contributed by atoms with Crippen molar-refractivity contribution in [3.8, 4) is 0 Å². The summed E-state index contributed by atoms with van der Waals surface area (Å²) < 4.78 is 6.14. The molecule has 0 bridgehead atoms. The predicted octanol–water partition coefficient (Wildman–Crippen LogP) is 3.46. The van der Waals surface area contributed by atoms with Gasteiger partial charge in [0.05, 0.1) is 5.60 Å². The molecule has 2 nitrogen and oxygen atoms in total. The number of nitrogens with one attached hydrogen (secondary N) is 1. The zero-order chi connectivity index (χ0) is 12.8. The van der Waals surface area contributed by atoms with Crippen LogP contribution in [0.5, 0.6) is 0 Å². The maximum Gasteiger partial charge on any atom is 0.0783 e. The fourth-order valence-corrected chi connectivity index (χ4v) is 4.80. The molecule has 1 spiro atoms. The molecule has 3 heteroatoms. The van der Waals surface area contributed by atoms with Crippen molar-refractivity contribution in [3.63, 3.8) is 0 Å². The molecule has 1 N–H and O–H groups in total. The van der Waals surface area contributed by atoms with Crippen LogP contribution in [0.15, 0.2) is 0 Å². The van der Waals surface area contributed by atoms with Crippen LogP contribution in [0.1, 0.15) is 52.4 Å². The normalized spacial score (nSPS) is 34.0. The average Bonchev–Trinajstić information content (AvgIpc) is 2.82. The molecule has 0 aromatic heterocycles.